The van der Waals surface area contributed by atoms with Gasteiger partial charge >= 0.3 is 0 Å². The smallest absolute Gasteiger partial charge is 0.209 e. The van der Waals surface area contributed by atoms with Gasteiger partial charge in [0, 0.05) is 16.9 Å². The lowest BCUT2D eigenvalue weighted by Gasteiger charge is -2.24. The lowest BCUT2D eigenvalue weighted by atomic mass is 9.84. The van der Waals surface area contributed by atoms with Crippen molar-refractivity contribution in [2.24, 2.45) is 5.92 Å². The minimum Gasteiger partial charge on any atom is -0.494 e. The molecule has 31 heavy (non-hydrogen) atoms. The van der Waals surface area contributed by atoms with Crippen molar-refractivity contribution in [1.29, 1.82) is 0 Å². The molecule has 1 aliphatic carbocycles. The topological polar surface area (TPSA) is 57.1 Å². The molecule has 1 aromatic heterocycles. The Morgan fingerprint density at radius 2 is 1.39 bits per heavy atom. The molecular weight excluding hydrogens is 406 g/mol. The minimum absolute atomic E-state index is 0.644. The first kappa shape index (κ1) is 21.6. The Labute approximate surface area is 188 Å². The Balaban J connectivity index is 1.62. The number of hydrogen-bond acceptors (Lipinski definition) is 6. The highest BCUT2D eigenvalue weighted by molar-refractivity contribution is 7.99. The third-order valence-electron chi connectivity index (χ3n) is 5.53. The Hall–Kier alpha value is -2.60. The van der Waals surface area contributed by atoms with E-state index < -0.39 is 0 Å². The Morgan fingerprint density at radius 3 is 1.90 bits per heavy atom. The standard InChI is InChI=1S/C25H29N3O2S/c1-3-29-21-12-8-19(9-13-21)23-24(20-10-14-22(15-11-20)30-4-2)27-28-25(26-23)31-17-16-18-6-5-7-18/h8-15,18H,3-7,16-17H2,1-2H3. The van der Waals surface area contributed by atoms with Gasteiger partial charge in [0.2, 0.25) is 5.16 Å². The molecule has 1 fully saturated rings. The Kier molecular flexibility index (Phi) is 7.41. The predicted octanol–water partition coefficient (Wildman–Crippen LogP) is 6.29. The zero-order valence-electron chi connectivity index (χ0n) is 18.2. The highest BCUT2D eigenvalue weighted by Crippen LogP contribution is 2.34. The zero-order chi connectivity index (χ0) is 21.5. The van der Waals surface area contributed by atoms with Gasteiger partial charge in [0.05, 0.1) is 13.2 Å². The molecule has 0 unspecified atom stereocenters. The molecule has 0 aliphatic heterocycles. The third-order valence-corrected chi connectivity index (χ3v) is 6.40. The van der Waals surface area contributed by atoms with Crippen LogP contribution in [0.25, 0.3) is 22.5 Å². The van der Waals surface area contributed by atoms with Crippen LogP contribution < -0.4 is 9.47 Å². The summed E-state index contributed by atoms with van der Waals surface area (Å²) in [6.45, 7) is 5.26. The molecular formula is C25H29N3O2S. The Morgan fingerprint density at radius 1 is 0.806 bits per heavy atom. The van der Waals surface area contributed by atoms with E-state index in [9.17, 15) is 0 Å². The first-order valence-corrected chi connectivity index (χ1v) is 12.1. The molecule has 1 heterocycles. The van der Waals surface area contributed by atoms with E-state index in [1.165, 1.54) is 25.7 Å². The summed E-state index contributed by atoms with van der Waals surface area (Å²) in [6, 6.07) is 16.0. The van der Waals surface area contributed by atoms with Gasteiger partial charge in [0.25, 0.3) is 0 Å². The van der Waals surface area contributed by atoms with Crippen molar-refractivity contribution >= 4 is 11.8 Å². The lowest BCUT2D eigenvalue weighted by Crippen LogP contribution is -2.11. The second-order valence-corrected chi connectivity index (χ2v) is 8.70. The van der Waals surface area contributed by atoms with Crippen LogP contribution in [0.5, 0.6) is 11.5 Å². The quantitative estimate of drug-likeness (QED) is 0.349. The summed E-state index contributed by atoms with van der Waals surface area (Å²) in [7, 11) is 0. The van der Waals surface area contributed by atoms with Gasteiger partial charge in [0.15, 0.2) is 0 Å². The predicted molar refractivity (Wildman–Crippen MR) is 126 cm³/mol. The molecule has 0 bridgehead atoms. The summed E-state index contributed by atoms with van der Waals surface area (Å²) in [5.74, 6) is 3.62. The minimum atomic E-state index is 0.644. The monoisotopic (exact) mass is 435 g/mol. The molecule has 5 nitrogen and oxygen atoms in total. The number of hydrogen-bond donors (Lipinski definition) is 0. The van der Waals surface area contributed by atoms with Gasteiger partial charge in [-0.15, -0.1) is 10.2 Å². The molecule has 0 N–H and O–H groups in total. The van der Waals surface area contributed by atoms with Crippen LogP contribution >= 0.6 is 11.8 Å². The molecule has 3 aromatic rings. The maximum Gasteiger partial charge on any atom is 0.209 e. The van der Waals surface area contributed by atoms with Crippen LogP contribution in [-0.4, -0.2) is 34.1 Å². The van der Waals surface area contributed by atoms with E-state index in [2.05, 4.69) is 10.2 Å². The zero-order valence-corrected chi connectivity index (χ0v) is 19.0. The number of aromatic nitrogens is 3. The van der Waals surface area contributed by atoms with Gasteiger partial charge in [-0.3, -0.25) is 0 Å². The van der Waals surface area contributed by atoms with Gasteiger partial charge in [-0.1, -0.05) is 31.0 Å². The van der Waals surface area contributed by atoms with Gasteiger partial charge in [-0.25, -0.2) is 4.98 Å². The van der Waals surface area contributed by atoms with Crippen LogP contribution in [0.2, 0.25) is 0 Å². The second-order valence-electron chi connectivity index (χ2n) is 7.64. The van der Waals surface area contributed by atoms with E-state index in [0.717, 1.165) is 50.8 Å². The summed E-state index contributed by atoms with van der Waals surface area (Å²) in [5, 5.41) is 9.75. The van der Waals surface area contributed by atoms with Crippen molar-refractivity contribution < 1.29 is 9.47 Å². The van der Waals surface area contributed by atoms with Gasteiger partial charge in [0.1, 0.15) is 22.9 Å². The molecule has 1 aliphatic rings. The van der Waals surface area contributed by atoms with Crippen molar-refractivity contribution in [3.63, 3.8) is 0 Å². The van der Waals surface area contributed by atoms with E-state index in [4.69, 9.17) is 14.5 Å². The third kappa shape index (κ3) is 5.56. The van der Waals surface area contributed by atoms with E-state index in [-0.39, 0.29) is 0 Å². The second kappa shape index (κ2) is 10.6. The molecule has 1 saturated carbocycles. The van der Waals surface area contributed by atoms with E-state index in [1.807, 2.05) is 62.4 Å². The summed E-state index contributed by atoms with van der Waals surface area (Å²) in [4.78, 5) is 4.91. The van der Waals surface area contributed by atoms with Crippen molar-refractivity contribution in [3.8, 4) is 34.0 Å². The molecule has 0 saturated heterocycles. The number of benzene rings is 2. The average Bonchev–Trinajstić information content (AvgIpc) is 2.77. The summed E-state index contributed by atoms with van der Waals surface area (Å²) in [5.41, 5.74) is 3.59. The van der Waals surface area contributed by atoms with Crippen molar-refractivity contribution in [2.45, 2.75) is 44.7 Å². The summed E-state index contributed by atoms with van der Waals surface area (Å²) < 4.78 is 11.2. The highest BCUT2D eigenvalue weighted by Gasteiger charge is 2.18. The molecule has 2 aromatic carbocycles. The normalized spacial score (nSPS) is 13.6. The largest absolute Gasteiger partial charge is 0.494 e. The molecule has 4 rings (SSSR count). The van der Waals surface area contributed by atoms with Crippen LogP contribution in [0, 0.1) is 5.92 Å². The van der Waals surface area contributed by atoms with Crippen molar-refractivity contribution in [2.75, 3.05) is 19.0 Å². The van der Waals surface area contributed by atoms with Crippen LogP contribution in [-0.2, 0) is 0 Å². The number of ether oxygens (including phenoxy) is 2. The number of rotatable bonds is 10. The Bertz CT molecular complexity index is 973. The summed E-state index contributed by atoms with van der Waals surface area (Å²) in [6.07, 6.45) is 5.35. The molecule has 6 heteroatoms. The fourth-order valence-electron chi connectivity index (χ4n) is 3.62. The van der Waals surface area contributed by atoms with E-state index in [0.29, 0.717) is 13.2 Å². The first-order valence-electron chi connectivity index (χ1n) is 11.1. The van der Waals surface area contributed by atoms with Crippen LogP contribution in [0.1, 0.15) is 39.5 Å². The SMILES string of the molecule is CCOc1ccc(-c2nnc(SCCC3CCC3)nc2-c2ccc(OCC)cc2)cc1. The van der Waals surface area contributed by atoms with Crippen LogP contribution in [0.3, 0.4) is 0 Å². The number of nitrogens with zero attached hydrogens (tertiary/aromatic N) is 3. The molecule has 162 valence electrons. The molecule has 0 radical (unpaired) electrons. The fraction of sp³-hybridized carbons (Fsp3) is 0.400. The molecule has 0 spiro atoms. The first-order chi connectivity index (χ1) is 15.3. The van der Waals surface area contributed by atoms with E-state index >= 15 is 0 Å². The number of thioether (sulfide) groups is 1. The van der Waals surface area contributed by atoms with Gasteiger partial charge in [-0.2, -0.15) is 0 Å². The van der Waals surface area contributed by atoms with Crippen molar-refractivity contribution in [3.05, 3.63) is 48.5 Å². The van der Waals surface area contributed by atoms with Gasteiger partial charge in [-0.05, 0) is 74.7 Å². The average molecular weight is 436 g/mol. The van der Waals surface area contributed by atoms with E-state index in [1.54, 1.807) is 11.8 Å². The fourth-order valence-corrected chi connectivity index (χ4v) is 4.51. The van der Waals surface area contributed by atoms with Crippen molar-refractivity contribution in [1.82, 2.24) is 15.2 Å². The maximum atomic E-state index is 5.60. The molecule has 0 amide bonds. The van der Waals surface area contributed by atoms with Crippen LogP contribution in [0.4, 0.5) is 0 Å². The van der Waals surface area contributed by atoms with Crippen LogP contribution in [0.15, 0.2) is 53.7 Å². The summed E-state index contributed by atoms with van der Waals surface area (Å²) >= 11 is 1.70. The van der Waals surface area contributed by atoms with Gasteiger partial charge < -0.3 is 9.47 Å². The molecule has 0 atom stereocenters. The highest BCUT2D eigenvalue weighted by atomic mass is 32.2. The maximum absolute atomic E-state index is 5.60. The lowest BCUT2D eigenvalue weighted by molar-refractivity contribution is 0.309.